The van der Waals surface area contributed by atoms with Crippen molar-refractivity contribution in [3.63, 3.8) is 0 Å². The average molecular weight is 497 g/mol. The fraction of sp³-hybridized carbons (Fsp3) is 0.654. The van der Waals surface area contributed by atoms with Crippen LogP contribution in [0.2, 0.25) is 0 Å². The van der Waals surface area contributed by atoms with Crippen LogP contribution in [0.3, 0.4) is 0 Å². The lowest BCUT2D eigenvalue weighted by Gasteiger charge is -2.62. The number of aromatic nitrogens is 2. The van der Waals surface area contributed by atoms with Gasteiger partial charge in [0, 0.05) is 69.6 Å². The molecule has 7 rings (SSSR count). The summed E-state index contributed by atoms with van der Waals surface area (Å²) >= 11 is 0. The number of aryl methyl sites for hydroxylation is 1. The second kappa shape index (κ2) is 7.89. The van der Waals surface area contributed by atoms with E-state index in [0.717, 1.165) is 51.1 Å². The Bertz CT molecular complexity index is 1230. The van der Waals surface area contributed by atoms with Crippen LogP contribution in [-0.4, -0.2) is 77.6 Å². The Hall–Kier alpha value is -2.72. The zero-order valence-corrected chi connectivity index (χ0v) is 20.8. The molecule has 5 heterocycles. The lowest BCUT2D eigenvalue weighted by atomic mass is 9.60. The van der Waals surface area contributed by atoms with E-state index in [4.69, 9.17) is 4.74 Å². The maximum absolute atomic E-state index is 15.3. The van der Waals surface area contributed by atoms with Gasteiger partial charge in [-0.2, -0.15) is 5.10 Å². The molecule has 36 heavy (non-hydrogen) atoms. The van der Waals surface area contributed by atoms with E-state index in [1.54, 1.807) is 11.7 Å². The molecule has 5 aliphatic rings. The molecular weight excluding hydrogens is 463 g/mol. The first kappa shape index (κ1) is 22.5. The lowest BCUT2D eigenvalue weighted by molar-refractivity contribution is -0.120. The highest BCUT2D eigenvalue weighted by Gasteiger charge is 2.55. The fourth-order valence-electron chi connectivity index (χ4n) is 7.29. The number of anilines is 2. The van der Waals surface area contributed by atoms with E-state index in [1.807, 2.05) is 6.07 Å². The lowest BCUT2D eigenvalue weighted by Crippen LogP contribution is -2.67. The molecule has 1 aromatic carbocycles. The van der Waals surface area contributed by atoms with Gasteiger partial charge in [0.2, 0.25) is 5.91 Å². The summed E-state index contributed by atoms with van der Waals surface area (Å²) in [6.07, 6.45) is 7.35. The number of halogens is 1. The van der Waals surface area contributed by atoms with Crippen LogP contribution in [-0.2, 0) is 16.6 Å². The molecule has 5 fully saturated rings. The number of carbonyl (C=O) groups is 2. The molecule has 0 unspecified atom stereocenters. The van der Waals surface area contributed by atoms with Gasteiger partial charge in [-0.25, -0.2) is 9.18 Å². The van der Waals surface area contributed by atoms with Gasteiger partial charge in [0.05, 0.1) is 16.8 Å². The van der Waals surface area contributed by atoms with Gasteiger partial charge in [0.15, 0.2) is 5.82 Å². The third-order valence-electron chi connectivity index (χ3n) is 9.35. The van der Waals surface area contributed by atoms with Gasteiger partial charge in [-0.3, -0.25) is 19.7 Å². The number of nitrogens with one attached hydrogen (secondary N) is 1. The second-order valence-electron chi connectivity index (χ2n) is 11.6. The first-order valence-corrected chi connectivity index (χ1v) is 13.2. The van der Waals surface area contributed by atoms with Crippen molar-refractivity contribution in [3.05, 3.63) is 17.9 Å². The average Bonchev–Trinajstić information content (AvgIpc) is 3.38. The van der Waals surface area contributed by atoms with E-state index < -0.39 is 6.03 Å². The van der Waals surface area contributed by atoms with Gasteiger partial charge in [0.25, 0.3) is 0 Å². The largest absolute Gasteiger partial charge is 0.375 e. The van der Waals surface area contributed by atoms with Gasteiger partial charge < -0.3 is 14.5 Å². The highest BCUT2D eigenvalue weighted by Crippen LogP contribution is 2.53. The molecule has 3 amide bonds. The van der Waals surface area contributed by atoms with Crippen molar-refractivity contribution in [2.24, 2.45) is 12.5 Å². The zero-order valence-electron chi connectivity index (χ0n) is 20.8. The Morgan fingerprint density at radius 3 is 2.58 bits per heavy atom. The summed E-state index contributed by atoms with van der Waals surface area (Å²) in [5.41, 5.74) is 1.85. The molecule has 1 N–H and O–H groups in total. The molecule has 4 aliphatic heterocycles. The third-order valence-corrected chi connectivity index (χ3v) is 9.35. The molecule has 2 aromatic rings. The summed E-state index contributed by atoms with van der Waals surface area (Å²) in [6, 6.07) is 3.48. The van der Waals surface area contributed by atoms with Gasteiger partial charge in [-0.05, 0) is 50.7 Å². The number of likely N-dealkylation sites (tertiary alicyclic amines) is 1. The van der Waals surface area contributed by atoms with Crippen molar-refractivity contribution < 1.29 is 18.7 Å². The summed E-state index contributed by atoms with van der Waals surface area (Å²) < 4.78 is 23.1. The molecule has 192 valence electrons. The highest BCUT2D eigenvalue weighted by atomic mass is 19.1. The summed E-state index contributed by atoms with van der Waals surface area (Å²) in [5.74, 6) is -0.216. The molecule has 0 bridgehead atoms. The van der Waals surface area contributed by atoms with Crippen LogP contribution in [0.15, 0.2) is 12.1 Å². The number of imide groups is 1. The Balaban J connectivity index is 1.02. The molecule has 2 spiro atoms. The number of piperidine rings is 1. The molecule has 9 nitrogen and oxygen atoms in total. The Morgan fingerprint density at radius 2 is 1.89 bits per heavy atom. The van der Waals surface area contributed by atoms with Crippen LogP contribution in [0.4, 0.5) is 20.7 Å². The van der Waals surface area contributed by atoms with E-state index in [-0.39, 0.29) is 30.3 Å². The number of ether oxygens (including phenoxy) is 1. The molecule has 0 radical (unpaired) electrons. The molecule has 1 aliphatic carbocycles. The molecule has 1 saturated carbocycles. The Morgan fingerprint density at radius 1 is 1.11 bits per heavy atom. The minimum absolute atomic E-state index is 0.169. The maximum Gasteiger partial charge on any atom is 0.329 e. The van der Waals surface area contributed by atoms with E-state index in [9.17, 15) is 9.59 Å². The standard InChI is InChI=1S/C26H33FN6O3/c1-30-20-12-21(19(27)11-18(20)23(29-30)33-7-3-22(34)28-24(33)35)32-15-25(16-32)13-17(14-25)31-8-5-26(6-9-31)4-2-10-36-26/h11-12,17H,2-10,13-16H2,1H3,(H,28,34,35). The van der Waals surface area contributed by atoms with Crippen LogP contribution >= 0.6 is 0 Å². The second-order valence-corrected chi connectivity index (χ2v) is 11.6. The summed E-state index contributed by atoms with van der Waals surface area (Å²) in [7, 11) is 1.80. The summed E-state index contributed by atoms with van der Waals surface area (Å²) in [6.45, 7) is 5.21. The van der Waals surface area contributed by atoms with Gasteiger partial charge in [-0.15, -0.1) is 0 Å². The molecule has 4 saturated heterocycles. The number of nitrogens with zero attached hydrogens (tertiary/aromatic N) is 5. The number of carbonyl (C=O) groups excluding carboxylic acids is 2. The van der Waals surface area contributed by atoms with Crippen LogP contribution in [0.25, 0.3) is 10.9 Å². The number of hydrogen-bond acceptors (Lipinski definition) is 6. The minimum Gasteiger partial charge on any atom is -0.375 e. The predicted molar refractivity (Wildman–Crippen MR) is 133 cm³/mol. The van der Waals surface area contributed by atoms with Crippen LogP contribution in [0.1, 0.15) is 44.9 Å². The van der Waals surface area contributed by atoms with Crippen molar-refractivity contribution in [2.45, 2.75) is 56.6 Å². The number of rotatable bonds is 3. The number of benzene rings is 1. The van der Waals surface area contributed by atoms with Crippen molar-refractivity contribution in [1.29, 1.82) is 0 Å². The first-order chi connectivity index (χ1) is 17.3. The van der Waals surface area contributed by atoms with Crippen LogP contribution < -0.4 is 15.1 Å². The fourth-order valence-corrected chi connectivity index (χ4v) is 7.29. The number of amides is 3. The Labute approximate surface area is 209 Å². The normalized spacial score (nSPS) is 26.1. The minimum atomic E-state index is -0.514. The van der Waals surface area contributed by atoms with Crippen molar-refractivity contribution in [2.75, 3.05) is 49.1 Å². The number of fused-ring (bicyclic) bond motifs is 1. The first-order valence-electron chi connectivity index (χ1n) is 13.2. The smallest absolute Gasteiger partial charge is 0.329 e. The third kappa shape index (κ3) is 3.44. The summed E-state index contributed by atoms with van der Waals surface area (Å²) in [5, 5.41) is 7.38. The topological polar surface area (TPSA) is 82.9 Å². The van der Waals surface area contributed by atoms with Crippen molar-refractivity contribution in [1.82, 2.24) is 20.0 Å². The highest BCUT2D eigenvalue weighted by molar-refractivity contribution is 6.09. The van der Waals surface area contributed by atoms with E-state index >= 15 is 4.39 Å². The van der Waals surface area contributed by atoms with Crippen molar-refractivity contribution >= 4 is 34.3 Å². The summed E-state index contributed by atoms with van der Waals surface area (Å²) in [4.78, 5) is 30.1. The SMILES string of the molecule is Cn1nc(N2CCC(=O)NC2=O)c2cc(F)c(N3CC4(CC(N5CCC6(CCCO6)CC5)C4)C3)cc21. The van der Waals surface area contributed by atoms with E-state index in [0.29, 0.717) is 28.3 Å². The number of hydrogen-bond donors (Lipinski definition) is 1. The van der Waals surface area contributed by atoms with Gasteiger partial charge in [0.1, 0.15) is 5.82 Å². The zero-order chi connectivity index (χ0) is 24.7. The molecule has 1 aromatic heterocycles. The quantitative estimate of drug-likeness (QED) is 0.704. The number of urea groups is 1. The monoisotopic (exact) mass is 496 g/mol. The van der Waals surface area contributed by atoms with E-state index in [1.165, 1.54) is 36.6 Å². The van der Waals surface area contributed by atoms with Gasteiger partial charge in [-0.1, -0.05) is 0 Å². The molecule has 10 heteroatoms. The Kier molecular flexibility index (Phi) is 4.92. The molecule has 0 atom stereocenters. The maximum atomic E-state index is 15.3. The van der Waals surface area contributed by atoms with Gasteiger partial charge >= 0.3 is 6.03 Å². The van der Waals surface area contributed by atoms with Crippen molar-refractivity contribution in [3.8, 4) is 0 Å². The predicted octanol–water partition coefficient (Wildman–Crippen LogP) is 2.77. The van der Waals surface area contributed by atoms with Crippen LogP contribution in [0, 0.1) is 11.2 Å². The van der Waals surface area contributed by atoms with Crippen LogP contribution in [0.5, 0.6) is 0 Å². The van der Waals surface area contributed by atoms with E-state index in [2.05, 4.69) is 20.2 Å². The molecular formula is C26H33FN6O3.